The molecule has 2 aromatic carbocycles. The average molecular weight is 302 g/mol. The van der Waals surface area contributed by atoms with Gasteiger partial charge in [-0.15, -0.1) is 0 Å². The topological polar surface area (TPSA) is 102 Å². The zero-order valence-electron chi connectivity index (χ0n) is 12.0. The van der Waals surface area contributed by atoms with Crippen LogP contribution in [0.15, 0.2) is 36.4 Å². The van der Waals surface area contributed by atoms with Crippen molar-refractivity contribution in [2.75, 3.05) is 12.4 Å². The lowest BCUT2D eigenvalue weighted by Crippen LogP contribution is -2.12. The van der Waals surface area contributed by atoms with E-state index in [0.29, 0.717) is 22.6 Å². The number of carbonyl (C=O) groups is 1. The number of carbonyl (C=O) groups excluding carboxylic acids is 1. The molecule has 0 heterocycles. The van der Waals surface area contributed by atoms with E-state index in [2.05, 4.69) is 5.32 Å². The first-order valence-corrected chi connectivity index (χ1v) is 6.35. The molecule has 0 aromatic heterocycles. The largest absolute Gasteiger partial charge is 0.504 e. The molecule has 0 aliphatic rings. The van der Waals surface area contributed by atoms with Gasteiger partial charge in [0.05, 0.1) is 12.0 Å². The Bertz CT molecular complexity index is 743. The maximum absolute atomic E-state index is 12.1. The van der Waals surface area contributed by atoms with Gasteiger partial charge >= 0.3 is 0 Å². The van der Waals surface area contributed by atoms with Crippen LogP contribution in [0, 0.1) is 17.0 Å². The molecule has 0 aliphatic carbocycles. The van der Waals surface area contributed by atoms with Gasteiger partial charge in [-0.1, -0.05) is 0 Å². The summed E-state index contributed by atoms with van der Waals surface area (Å²) in [4.78, 5) is 22.4. The van der Waals surface area contributed by atoms with Crippen LogP contribution >= 0.6 is 0 Å². The van der Waals surface area contributed by atoms with Crippen LogP contribution in [0.3, 0.4) is 0 Å². The molecule has 0 saturated heterocycles. The molecule has 7 nitrogen and oxygen atoms in total. The second-order valence-electron chi connectivity index (χ2n) is 4.60. The summed E-state index contributed by atoms with van der Waals surface area (Å²) in [6, 6.07) is 8.56. The van der Waals surface area contributed by atoms with E-state index in [4.69, 9.17) is 4.74 Å². The van der Waals surface area contributed by atoms with E-state index < -0.39 is 10.8 Å². The molecule has 2 aromatic rings. The van der Waals surface area contributed by atoms with Crippen molar-refractivity contribution in [2.24, 2.45) is 0 Å². The van der Waals surface area contributed by atoms with Crippen molar-refractivity contribution < 1.29 is 19.6 Å². The molecule has 0 spiro atoms. The standard InChI is InChI=1S/C15H14N2O5/c1-9-7-10(3-5-12(9)17(20)21)15(19)16-11-4-6-14(22-2)13(18)8-11/h3-8,18H,1-2H3,(H,16,19). The molecule has 2 rings (SSSR count). The molecule has 0 radical (unpaired) electrons. The van der Waals surface area contributed by atoms with Crippen LogP contribution < -0.4 is 10.1 Å². The van der Waals surface area contributed by atoms with E-state index >= 15 is 0 Å². The highest BCUT2D eigenvalue weighted by Crippen LogP contribution is 2.29. The highest BCUT2D eigenvalue weighted by Gasteiger charge is 2.14. The number of aromatic hydroxyl groups is 1. The summed E-state index contributed by atoms with van der Waals surface area (Å²) < 4.78 is 4.91. The maximum Gasteiger partial charge on any atom is 0.272 e. The van der Waals surface area contributed by atoms with Gasteiger partial charge < -0.3 is 15.2 Å². The van der Waals surface area contributed by atoms with Crippen molar-refractivity contribution in [1.82, 2.24) is 0 Å². The Morgan fingerprint density at radius 1 is 1.27 bits per heavy atom. The normalized spacial score (nSPS) is 10.1. The zero-order chi connectivity index (χ0) is 16.3. The number of benzene rings is 2. The molecule has 2 N–H and O–H groups in total. The Morgan fingerprint density at radius 3 is 2.55 bits per heavy atom. The number of anilines is 1. The van der Waals surface area contributed by atoms with Gasteiger partial charge in [-0.05, 0) is 31.2 Å². The number of aryl methyl sites for hydroxylation is 1. The number of amides is 1. The van der Waals surface area contributed by atoms with Crippen LogP contribution in [0.25, 0.3) is 0 Å². The molecule has 0 bridgehead atoms. The molecule has 0 atom stereocenters. The van der Waals surface area contributed by atoms with Gasteiger partial charge in [0, 0.05) is 28.9 Å². The lowest BCUT2D eigenvalue weighted by atomic mass is 10.1. The molecular formula is C15H14N2O5. The molecule has 1 amide bonds. The predicted molar refractivity (Wildman–Crippen MR) is 80.4 cm³/mol. The van der Waals surface area contributed by atoms with E-state index in [1.807, 2.05) is 0 Å². The van der Waals surface area contributed by atoms with Crippen LogP contribution in [-0.4, -0.2) is 23.0 Å². The Balaban J connectivity index is 2.20. The number of nitrogens with one attached hydrogen (secondary N) is 1. The number of hydrogen-bond donors (Lipinski definition) is 2. The van der Waals surface area contributed by atoms with Gasteiger partial charge in [0.15, 0.2) is 11.5 Å². The van der Waals surface area contributed by atoms with E-state index in [1.165, 1.54) is 37.4 Å². The Morgan fingerprint density at radius 2 is 2.00 bits per heavy atom. The number of phenolic OH excluding ortho intramolecular Hbond substituents is 1. The number of ether oxygens (including phenoxy) is 1. The molecule has 0 saturated carbocycles. The van der Waals surface area contributed by atoms with Crippen molar-refractivity contribution in [3.63, 3.8) is 0 Å². The minimum atomic E-state index is -0.501. The summed E-state index contributed by atoms with van der Waals surface area (Å²) in [6.45, 7) is 1.56. The molecule has 114 valence electrons. The highest BCUT2D eigenvalue weighted by molar-refractivity contribution is 6.04. The van der Waals surface area contributed by atoms with Crippen molar-refractivity contribution in [1.29, 1.82) is 0 Å². The number of hydrogen-bond acceptors (Lipinski definition) is 5. The van der Waals surface area contributed by atoms with Gasteiger partial charge in [0.2, 0.25) is 0 Å². The molecule has 7 heteroatoms. The summed E-state index contributed by atoms with van der Waals surface area (Å²) in [6.07, 6.45) is 0. The number of nitro benzene ring substituents is 1. The van der Waals surface area contributed by atoms with E-state index in [9.17, 15) is 20.0 Å². The van der Waals surface area contributed by atoms with Gasteiger partial charge in [-0.2, -0.15) is 0 Å². The third-order valence-corrected chi connectivity index (χ3v) is 3.09. The van der Waals surface area contributed by atoms with Gasteiger partial charge in [-0.25, -0.2) is 0 Å². The molecule has 0 aliphatic heterocycles. The van der Waals surface area contributed by atoms with Gasteiger partial charge in [0.25, 0.3) is 11.6 Å². The zero-order valence-corrected chi connectivity index (χ0v) is 12.0. The number of nitrogens with zero attached hydrogens (tertiary/aromatic N) is 1. The lowest BCUT2D eigenvalue weighted by Gasteiger charge is -2.08. The van der Waals surface area contributed by atoms with Crippen LogP contribution in [0.1, 0.15) is 15.9 Å². The first-order chi connectivity index (χ1) is 10.4. The monoisotopic (exact) mass is 302 g/mol. The predicted octanol–water partition coefficient (Wildman–Crippen LogP) is 2.87. The summed E-state index contributed by atoms with van der Waals surface area (Å²) in [5.74, 6) is -0.230. The summed E-state index contributed by atoms with van der Waals surface area (Å²) in [5, 5.41) is 23.0. The fourth-order valence-corrected chi connectivity index (χ4v) is 1.97. The number of phenols is 1. The second kappa shape index (κ2) is 6.13. The third kappa shape index (κ3) is 3.14. The van der Waals surface area contributed by atoms with Crippen LogP contribution in [0.5, 0.6) is 11.5 Å². The molecule has 0 unspecified atom stereocenters. The minimum Gasteiger partial charge on any atom is -0.504 e. The fourth-order valence-electron chi connectivity index (χ4n) is 1.97. The Kier molecular flexibility index (Phi) is 4.26. The number of rotatable bonds is 4. The van der Waals surface area contributed by atoms with E-state index in [1.54, 1.807) is 13.0 Å². The Labute approximate surface area is 126 Å². The van der Waals surface area contributed by atoms with Crippen molar-refractivity contribution in [3.05, 3.63) is 57.6 Å². The highest BCUT2D eigenvalue weighted by atomic mass is 16.6. The summed E-state index contributed by atoms with van der Waals surface area (Å²) in [7, 11) is 1.42. The van der Waals surface area contributed by atoms with E-state index in [-0.39, 0.29) is 11.4 Å². The van der Waals surface area contributed by atoms with E-state index in [0.717, 1.165) is 0 Å². The molecule has 22 heavy (non-hydrogen) atoms. The number of nitro groups is 1. The van der Waals surface area contributed by atoms with Crippen molar-refractivity contribution in [2.45, 2.75) is 6.92 Å². The van der Waals surface area contributed by atoms with Gasteiger partial charge in [-0.3, -0.25) is 14.9 Å². The summed E-state index contributed by atoms with van der Waals surface area (Å²) in [5.41, 5.74) is 1.03. The quantitative estimate of drug-likeness (QED) is 0.668. The lowest BCUT2D eigenvalue weighted by molar-refractivity contribution is -0.385. The van der Waals surface area contributed by atoms with Crippen LogP contribution in [-0.2, 0) is 0 Å². The fraction of sp³-hybridized carbons (Fsp3) is 0.133. The third-order valence-electron chi connectivity index (χ3n) is 3.09. The maximum atomic E-state index is 12.1. The van der Waals surface area contributed by atoms with Crippen LogP contribution in [0.2, 0.25) is 0 Å². The van der Waals surface area contributed by atoms with Gasteiger partial charge in [0.1, 0.15) is 0 Å². The SMILES string of the molecule is COc1ccc(NC(=O)c2ccc([N+](=O)[O-])c(C)c2)cc1O. The first-order valence-electron chi connectivity index (χ1n) is 6.35. The number of methoxy groups -OCH3 is 1. The molecular weight excluding hydrogens is 288 g/mol. The minimum absolute atomic E-state index is 0.0429. The second-order valence-corrected chi connectivity index (χ2v) is 4.60. The molecule has 0 fully saturated rings. The Hall–Kier alpha value is -3.09. The average Bonchev–Trinajstić information content (AvgIpc) is 2.46. The first kappa shape index (κ1) is 15.3. The van der Waals surface area contributed by atoms with Crippen molar-refractivity contribution >= 4 is 17.3 Å². The van der Waals surface area contributed by atoms with Crippen molar-refractivity contribution in [3.8, 4) is 11.5 Å². The smallest absolute Gasteiger partial charge is 0.272 e. The summed E-state index contributed by atoms with van der Waals surface area (Å²) >= 11 is 0. The van der Waals surface area contributed by atoms with Crippen LogP contribution in [0.4, 0.5) is 11.4 Å².